The topological polar surface area (TPSA) is 75.3 Å². The van der Waals surface area contributed by atoms with Crippen LogP contribution >= 0.6 is 11.8 Å². The fraction of sp³-hybridized carbons (Fsp3) is 0.909. The first kappa shape index (κ1) is 15.8. The maximum atomic E-state index is 11.7. The molecule has 7 heteroatoms. The summed E-state index contributed by atoms with van der Waals surface area (Å²) < 4.78 is 22.8. The van der Waals surface area contributed by atoms with Crippen molar-refractivity contribution >= 4 is 27.5 Å². The smallest absolute Gasteiger partial charge is 0.221 e. The summed E-state index contributed by atoms with van der Waals surface area (Å²) in [4.78, 5) is 11.7. The minimum atomic E-state index is -3.03. The molecule has 0 aromatic carbocycles. The SMILES string of the molecule is CCS(=O)(=O)CC(C)NC(=O)CC1CSCCN1. The first-order chi connectivity index (χ1) is 8.43. The predicted molar refractivity (Wildman–Crippen MR) is 75.7 cm³/mol. The highest BCUT2D eigenvalue weighted by Crippen LogP contribution is 2.10. The number of sulfone groups is 1. The van der Waals surface area contributed by atoms with Gasteiger partial charge in [-0.05, 0) is 6.92 Å². The van der Waals surface area contributed by atoms with Crippen LogP contribution in [-0.4, -0.2) is 56.0 Å². The molecule has 0 saturated carbocycles. The van der Waals surface area contributed by atoms with Gasteiger partial charge in [-0.15, -0.1) is 0 Å². The Bertz CT molecular complexity index is 364. The van der Waals surface area contributed by atoms with Crippen molar-refractivity contribution in [3.05, 3.63) is 0 Å². The zero-order valence-electron chi connectivity index (χ0n) is 10.9. The van der Waals surface area contributed by atoms with E-state index in [0.717, 1.165) is 18.1 Å². The van der Waals surface area contributed by atoms with Crippen molar-refractivity contribution in [3.8, 4) is 0 Å². The van der Waals surface area contributed by atoms with Gasteiger partial charge in [-0.25, -0.2) is 8.42 Å². The Morgan fingerprint density at radius 2 is 2.28 bits per heavy atom. The van der Waals surface area contributed by atoms with Crippen molar-refractivity contribution in [2.24, 2.45) is 0 Å². The molecule has 0 radical (unpaired) electrons. The first-order valence-electron chi connectivity index (χ1n) is 6.24. The summed E-state index contributed by atoms with van der Waals surface area (Å²) in [5.74, 6) is 2.09. The van der Waals surface area contributed by atoms with E-state index in [4.69, 9.17) is 0 Å². The second-order valence-corrected chi connectivity index (χ2v) is 8.15. The summed E-state index contributed by atoms with van der Waals surface area (Å²) >= 11 is 1.84. The summed E-state index contributed by atoms with van der Waals surface area (Å²) in [7, 11) is -3.03. The molecule has 1 fully saturated rings. The van der Waals surface area contributed by atoms with E-state index in [9.17, 15) is 13.2 Å². The molecule has 5 nitrogen and oxygen atoms in total. The van der Waals surface area contributed by atoms with Gasteiger partial charge < -0.3 is 10.6 Å². The van der Waals surface area contributed by atoms with E-state index < -0.39 is 9.84 Å². The normalized spacial score (nSPS) is 22.4. The number of hydrogen-bond donors (Lipinski definition) is 2. The minimum absolute atomic E-state index is 0.0160. The second-order valence-electron chi connectivity index (χ2n) is 4.60. The van der Waals surface area contributed by atoms with Crippen LogP contribution in [0.3, 0.4) is 0 Å². The molecule has 1 saturated heterocycles. The molecule has 2 atom stereocenters. The summed E-state index contributed by atoms with van der Waals surface area (Å²) in [6, 6.07) is -0.113. The van der Waals surface area contributed by atoms with Crippen LogP contribution < -0.4 is 10.6 Å². The van der Waals surface area contributed by atoms with Crippen molar-refractivity contribution in [2.75, 3.05) is 29.6 Å². The van der Waals surface area contributed by atoms with Crippen LogP contribution in [0.2, 0.25) is 0 Å². The minimum Gasteiger partial charge on any atom is -0.353 e. The van der Waals surface area contributed by atoms with E-state index in [0.29, 0.717) is 6.42 Å². The van der Waals surface area contributed by atoms with E-state index in [-0.39, 0.29) is 29.5 Å². The quantitative estimate of drug-likeness (QED) is 0.722. The van der Waals surface area contributed by atoms with Crippen LogP contribution in [0.25, 0.3) is 0 Å². The molecule has 0 bridgehead atoms. The van der Waals surface area contributed by atoms with Gasteiger partial charge in [0.1, 0.15) is 0 Å². The Labute approximate surface area is 113 Å². The zero-order valence-corrected chi connectivity index (χ0v) is 12.6. The molecular weight excluding hydrogens is 272 g/mol. The molecule has 0 spiro atoms. The molecular formula is C11H22N2O3S2. The molecule has 1 aliphatic heterocycles. The largest absolute Gasteiger partial charge is 0.353 e. The van der Waals surface area contributed by atoms with Gasteiger partial charge in [0, 0.05) is 42.3 Å². The number of hydrogen-bond acceptors (Lipinski definition) is 5. The Kier molecular flexibility index (Phi) is 6.45. The van der Waals surface area contributed by atoms with Crippen LogP contribution in [-0.2, 0) is 14.6 Å². The standard InChI is InChI=1S/C11H22N2O3S2/c1-3-18(15,16)8-9(2)13-11(14)6-10-7-17-5-4-12-10/h9-10,12H,3-8H2,1-2H3,(H,13,14). The van der Waals surface area contributed by atoms with Crippen molar-refractivity contribution in [3.63, 3.8) is 0 Å². The van der Waals surface area contributed by atoms with Crippen LogP contribution in [0, 0.1) is 0 Å². The molecule has 18 heavy (non-hydrogen) atoms. The Morgan fingerprint density at radius 1 is 1.56 bits per heavy atom. The first-order valence-corrected chi connectivity index (χ1v) is 9.21. The third kappa shape index (κ3) is 6.06. The van der Waals surface area contributed by atoms with E-state index in [1.54, 1.807) is 13.8 Å². The third-order valence-corrected chi connectivity index (χ3v) is 5.80. The maximum Gasteiger partial charge on any atom is 0.221 e. The molecule has 0 aromatic heterocycles. The number of thioether (sulfide) groups is 1. The number of rotatable bonds is 6. The predicted octanol–water partition coefficient (Wildman–Crippen LogP) is 0.0209. The van der Waals surface area contributed by atoms with Crippen molar-refractivity contribution in [2.45, 2.75) is 32.4 Å². The second kappa shape index (κ2) is 7.35. The van der Waals surface area contributed by atoms with Crippen molar-refractivity contribution in [1.82, 2.24) is 10.6 Å². The van der Waals surface area contributed by atoms with Crippen molar-refractivity contribution < 1.29 is 13.2 Å². The average molecular weight is 294 g/mol. The Hall–Kier alpha value is -0.270. The maximum absolute atomic E-state index is 11.7. The van der Waals surface area contributed by atoms with Gasteiger partial charge in [-0.2, -0.15) is 11.8 Å². The number of carbonyl (C=O) groups excluding carboxylic acids is 1. The van der Waals surface area contributed by atoms with Gasteiger partial charge in [0.25, 0.3) is 0 Å². The highest BCUT2D eigenvalue weighted by atomic mass is 32.2. The van der Waals surface area contributed by atoms with E-state index in [1.165, 1.54) is 0 Å². The average Bonchev–Trinajstić information content (AvgIpc) is 2.29. The Balaban J connectivity index is 2.30. The molecule has 1 amide bonds. The zero-order chi connectivity index (χ0) is 13.6. The van der Waals surface area contributed by atoms with Crippen LogP contribution in [0.4, 0.5) is 0 Å². The lowest BCUT2D eigenvalue weighted by molar-refractivity contribution is -0.121. The van der Waals surface area contributed by atoms with Crippen LogP contribution in [0.5, 0.6) is 0 Å². The molecule has 0 aliphatic carbocycles. The lowest BCUT2D eigenvalue weighted by Crippen LogP contribution is -2.44. The number of nitrogens with one attached hydrogen (secondary N) is 2. The molecule has 2 unspecified atom stereocenters. The van der Waals surface area contributed by atoms with Crippen molar-refractivity contribution in [1.29, 1.82) is 0 Å². The molecule has 1 heterocycles. The fourth-order valence-electron chi connectivity index (χ4n) is 1.85. The van der Waals surface area contributed by atoms with E-state index in [1.807, 2.05) is 11.8 Å². The van der Waals surface area contributed by atoms with E-state index >= 15 is 0 Å². The lowest BCUT2D eigenvalue weighted by atomic mass is 10.2. The fourth-order valence-corrected chi connectivity index (χ4v) is 3.88. The highest BCUT2D eigenvalue weighted by molar-refractivity contribution is 7.99. The molecule has 1 rings (SSSR count). The summed E-state index contributed by atoms with van der Waals surface area (Å²) in [5, 5.41) is 6.03. The van der Waals surface area contributed by atoms with E-state index in [2.05, 4.69) is 10.6 Å². The lowest BCUT2D eigenvalue weighted by Gasteiger charge is -2.23. The van der Waals surface area contributed by atoms with Gasteiger partial charge in [-0.1, -0.05) is 6.92 Å². The summed E-state index contributed by atoms with van der Waals surface area (Å²) in [6.45, 7) is 4.28. The number of amides is 1. The van der Waals surface area contributed by atoms with Gasteiger partial charge >= 0.3 is 0 Å². The molecule has 1 aliphatic rings. The monoisotopic (exact) mass is 294 g/mol. The van der Waals surface area contributed by atoms with Gasteiger partial charge in [0.15, 0.2) is 9.84 Å². The van der Waals surface area contributed by atoms with Gasteiger partial charge in [0.2, 0.25) is 5.91 Å². The Morgan fingerprint density at radius 3 is 2.83 bits per heavy atom. The number of carbonyl (C=O) groups is 1. The molecule has 106 valence electrons. The van der Waals surface area contributed by atoms with Gasteiger partial charge in [0.05, 0.1) is 5.75 Å². The molecule has 2 N–H and O–H groups in total. The van der Waals surface area contributed by atoms with Gasteiger partial charge in [-0.3, -0.25) is 4.79 Å². The molecule has 0 aromatic rings. The third-order valence-electron chi connectivity index (χ3n) is 2.78. The summed E-state index contributed by atoms with van der Waals surface area (Å²) in [5.41, 5.74) is 0. The summed E-state index contributed by atoms with van der Waals surface area (Å²) in [6.07, 6.45) is 0.420. The highest BCUT2D eigenvalue weighted by Gasteiger charge is 2.19. The van der Waals surface area contributed by atoms with Crippen LogP contribution in [0.1, 0.15) is 20.3 Å². The van der Waals surface area contributed by atoms with Crippen LogP contribution in [0.15, 0.2) is 0 Å².